The van der Waals surface area contributed by atoms with Crippen LogP contribution in [0.25, 0.3) is 11.4 Å². The molecule has 0 bridgehead atoms. The second-order valence-electron chi connectivity index (χ2n) is 8.20. The molecule has 3 fully saturated rings. The molecular formula is C21H26N4O3. The van der Waals surface area contributed by atoms with Gasteiger partial charge in [0.15, 0.2) is 0 Å². The molecule has 148 valence electrons. The van der Waals surface area contributed by atoms with E-state index in [9.17, 15) is 4.79 Å². The van der Waals surface area contributed by atoms with Gasteiger partial charge >= 0.3 is 0 Å². The zero-order valence-corrected chi connectivity index (χ0v) is 16.0. The summed E-state index contributed by atoms with van der Waals surface area (Å²) in [6, 6.07) is 9.95. The Morgan fingerprint density at radius 3 is 2.86 bits per heavy atom. The standard InChI is InChI=1S/C21H26N4O3/c26-18(25-9-11-27-12-10-25)14-24-13-17-7-4-8-21(17,15-24)20-22-19(23-28-20)16-5-2-1-3-6-16/h1-3,5-6,17H,4,7-15H2/t17-,21-/m1/s1. The molecule has 0 N–H and O–H groups in total. The lowest BCUT2D eigenvalue weighted by Gasteiger charge is -2.29. The van der Waals surface area contributed by atoms with Gasteiger partial charge < -0.3 is 14.2 Å². The monoisotopic (exact) mass is 382 g/mol. The molecular weight excluding hydrogens is 356 g/mol. The van der Waals surface area contributed by atoms with Crippen LogP contribution in [-0.4, -0.2) is 71.8 Å². The first kappa shape index (κ1) is 17.8. The third-order valence-corrected chi connectivity index (χ3v) is 6.55. The number of nitrogens with zero attached hydrogens (tertiary/aromatic N) is 4. The molecule has 0 unspecified atom stereocenters. The zero-order valence-electron chi connectivity index (χ0n) is 16.0. The molecule has 0 spiro atoms. The molecule has 2 saturated heterocycles. The van der Waals surface area contributed by atoms with E-state index >= 15 is 0 Å². The number of aromatic nitrogens is 2. The summed E-state index contributed by atoms with van der Waals surface area (Å²) in [5, 5.41) is 4.25. The van der Waals surface area contributed by atoms with Crippen LogP contribution in [0.4, 0.5) is 0 Å². The normalized spacial score (nSPS) is 27.9. The number of hydrogen-bond donors (Lipinski definition) is 0. The minimum absolute atomic E-state index is 0.106. The predicted octanol–water partition coefficient (Wildman–Crippen LogP) is 1.95. The van der Waals surface area contributed by atoms with Crippen LogP contribution in [0.2, 0.25) is 0 Å². The Labute approximate surface area is 164 Å². The van der Waals surface area contributed by atoms with Gasteiger partial charge in [-0.15, -0.1) is 0 Å². The van der Waals surface area contributed by atoms with Gasteiger partial charge in [0.1, 0.15) is 0 Å². The van der Waals surface area contributed by atoms with Crippen LogP contribution < -0.4 is 0 Å². The molecule has 1 saturated carbocycles. The number of fused-ring (bicyclic) bond motifs is 1. The van der Waals surface area contributed by atoms with E-state index in [1.807, 2.05) is 35.2 Å². The Balaban J connectivity index is 1.33. The summed E-state index contributed by atoms with van der Waals surface area (Å²) in [6.45, 7) is 4.91. The smallest absolute Gasteiger partial charge is 0.236 e. The summed E-state index contributed by atoms with van der Waals surface area (Å²) in [7, 11) is 0. The van der Waals surface area contributed by atoms with Crippen LogP contribution in [0.5, 0.6) is 0 Å². The van der Waals surface area contributed by atoms with E-state index in [0.717, 1.165) is 37.4 Å². The van der Waals surface area contributed by atoms with Gasteiger partial charge in [0.25, 0.3) is 0 Å². The highest BCUT2D eigenvalue weighted by Gasteiger charge is 2.54. The highest BCUT2D eigenvalue weighted by Crippen LogP contribution is 2.50. The van der Waals surface area contributed by atoms with E-state index in [4.69, 9.17) is 14.2 Å². The number of amides is 1. The molecule has 7 nitrogen and oxygen atoms in total. The summed E-state index contributed by atoms with van der Waals surface area (Å²) >= 11 is 0. The fraction of sp³-hybridized carbons (Fsp3) is 0.571. The lowest BCUT2D eigenvalue weighted by atomic mass is 9.80. The summed E-state index contributed by atoms with van der Waals surface area (Å²) in [5.74, 6) is 2.08. The first-order chi connectivity index (χ1) is 13.7. The number of hydrogen-bond acceptors (Lipinski definition) is 6. The number of carbonyl (C=O) groups excluding carboxylic acids is 1. The topological polar surface area (TPSA) is 71.7 Å². The van der Waals surface area contributed by atoms with E-state index < -0.39 is 0 Å². The average Bonchev–Trinajstić information content (AvgIpc) is 3.44. The fourth-order valence-corrected chi connectivity index (χ4v) is 5.10. The molecule has 1 amide bonds. The number of carbonyl (C=O) groups is 1. The van der Waals surface area contributed by atoms with Gasteiger partial charge in [-0.3, -0.25) is 9.69 Å². The van der Waals surface area contributed by atoms with Gasteiger partial charge in [0.2, 0.25) is 17.6 Å². The number of likely N-dealkylation sites (tertiary alicyclic amines) is 1. The lowest BCUT2D eigenvalue weighted by molar-refractivity contribution is -0.136. The van der Waals surface area contributed by atoms with Crippen LogP contribution in [0, 0.1) is 5.92 Å². The van der Waals surface area contributed by atoms with E-state index in [1.54, 1.807) is 0 Å². The van der Waals surface area contributed by atoms with Crippen molar-refractivity contribution < 1.29 is 14.1 Å². The SMILES string of the molecule is O=C(CN1C[C@H]2CCC[C@@]2(c2nc(-c3ccccc3)no2)C1)N1CCOCC1. The maximum absolute atomic E-state index is 12.7. The number of benzene rings is 1. The van der Waals surface area contributed by atoms with Crippen molar-refractivity contribution in [1.29, 1.82) is 0 Å². The van der Waals surface area contributed by atoms with E-state index in [2.05, 4.69) is 10.1 Å². The van der Waals surface area contributed by atoms with Gasteiger partial charge in [0, 0.05) is 31.7 Å². The zero-order chi connectivity index (χ0) is 19.0. The third-order valence-electron chi connectivity index (χ3n) is 6.55. The molecule has 2 aromatic rings. The highest BCUT2D eigenvalue weighted by atomic mass is 16.5. The average molecular weight is 382 g/mol. The molecule has 1 aliphatic carbocycles. The van der Waals surface area contributed by atoms with Gasteiger partial charge in [-0.1, -0.05) is 41.9 Å². The Kier molecular flexibility index (Phi) is 4.64. The maximum atomic E-state index is 12.7. The molecule has 7 heteroatoms. The second kappa shape index (κ2) is 7.29. The van der Waals surface area contributed by atoms with Crippen LogP contribution in [-0.2, 0) is 14.9 Å². The third kappa shape index (κ3) is 3.12. The van der Waals surface area contributed by atoms with Gasteiger partial charge in [-0.05, 0) is 18.8 Å². The van der Waals surface area contributed by atoms with Gasteiger partial charge in [-0.2, -0.15) is 4.98 Å². The number of morpholine rings is 1. The molecule has 2 atom stereocenters. The largest absolute Gasteiger partial charge is 0.378 e. The molecule has 3 heterocycles. The number of ether oxygens (including phenoxy) is 1. The first-order valence-corrected chi connectivity index (χ1v) is 10.2. The molecule has 0 radical (unpaired) electrons. The van der Waals surface area contributed by atoms with E-state index in [-0.39, 0.29) is 11.3 Å². The van der Waals surface area contributed by atoms with E-state index in [0.29, 0.717) is 44.6 Å². The van der Waals surface area contributed by atoms with Crippen LogP contribution in [0.15, 0.2) is 34.9 Å². The Morgan fingerprint density at radius 1 is 1.21 bits per heavy atom. The van der Waals surface area contributed by atoms with Crippen molar-refractivity contribution in [2.45, 2.75) is 24.7 Å². The van der Waals surface area contributed by atoms with Crippen molar-refractivity contribution in [3.05, 3.63) is 36.2 Å². The number of rotatable bonds is 4. The van der Waals surface area contributed by atoms with Crippen molar-refractivity contribution in [2.75, 3.05) is 45.9 Å². The molecule has 28 heavy (non-hydrogen) atoms. The lowest BCUT2D eigenvalue weighted by Crippen LogP contribution is -2.45. The van der Waals surface area contributed by atoms with Gasteiger partial charge in [-0.25, -0.2) is 0 Å². The van der Waals surface area contributed by atoms with Crippen LogP contribution in [0.3, 0.4) is 0 Å². The second-order valence-corrected chi connectivity index (χ2v) is 8.20. The maximum Gasteiger partial charge on any atom is 0.236 e. The van der Waals surface area contributed by atoms with Crippen LogP contribution in [0.1, 0.15) is 25.2 Å². The minimum atomic E-state index is -0.106. The van der Waals surface area contributed by atoms with E-state index in [1.165, 1.54) is 6.42 Å². The molecule has 5 rings (SSSR count). The fourth-order valence-electron chi connectivity index (χ4n) is 5.10. The van der Waals surface area contributed by atoms with Crippen molar-refractivity contribution in [1.82, 2.24) is 19.9 Å². The Morgan fingerprint density at radius 2 is 2.04 bits per heavy atom. The van der Waals surface area contributed by atoms with Crippen molar-refractivity contribution >= 4 is 5.91 Å². The van der Waals surface area contributed by atoms with Crippen molar-refractivity contribution in [2.24, 2.45) is 5.92 Å². The first-order valence-electron chi connectivity index (χ1n) is 10.2. The Bertz CT molecular complexity index is 833. The van der Waals surface area contributed by atoms with Crippen LogP contribution >= 0.6 is 0 Å². The van der Waals surface area contributed by atoms with Crippen molar-refractivity contribution in [3.63, 3.8) is 0 Å². The Hall–Kier alpha value is -2.25. The molecule has 3 aliphatic rings. The van der Waals surface area contributed by atoms with Crippen molar-refractivity contribution in [3.8, 4) is 11.4 Å². The quantitative estimate of drug-likeness (QED) is 0.805. The summed E-state index contributed by atoms with van der Waals surface area (Å²) in [5.41, 5.74) is 0.867. The van der Waals surface area contributed by atoms with Gasteiger partial charge in [0.05, 0.1) is 25.2 Å². The summed E-state index contributed by atoms with van der Waals surface area (Å²) < 4.78 is 11.1. The minimum Gasteiger partial charge on any atom is -0.378 e. The predicted molar refractivity (Wildman–Crippen MR) is 103 cm³/mol. The summed E-state index contributed by atoms with van der Waals surface area (Å²) in [4.78, 5) is 21.7. The summed E-state index contributed by atoms with van der Waals surface area (Å²) in [6.07, 6.45) is 3.39. The molecule has 1 aromatic carbocycles. The highest BCUT2D eigenvalue weighted by molar-refractivity contribution is 5.78. The molecule has 1 aromatic heterocycles. The molecule has 2 aliphatic heterocycles.